The van der Waals surface area contributed by atoms with Crippen LogP contribution in [-0.4, -0.2) is 21.2 Å². The minimum atomic E-state index is 0.881. The second-order valence-corrected chi connectivity index (χ2v) is 10.6. The van der Waals surface area contributed by atoms with E-state index in [2.05, 4.69) is 53.8 Å². The van der Waals surface area contributed by atoms with Gasteiger partial charge in [-0.2, -0.15) is 0 Å². The zero-order valence-electron chi connectivity index (χ0n) is 15.5. The van der Waals surface area contributed by atoms with E-state index in [0.717, 1.165) is 37.6 Å². The van der Waals surface area contributed by atoms with Crippen LogP contribution in [0.3, 0.4) is 0 Å². The molecule has 3 heterocycles. The number of aromatic nitrogens is 3. The molecule has 5 aromatic rings. The molecule has 4 nitrogen and oxygen atoms in total. The molecule has 8 heteroatoms. The van der Waals surface area contributed by atoms with Crippen LogP contribution in [0.2, 0.25) is 0 Å². The van der Waals surface area contributed by atoms with Crippen molar-refractivity contribution in [2.75, 3.05) is 11.6 Å². The van der Waals surface area contributed by atoms with Crippen LogP contribution in [0.1, 0.15) is 25.3 Å². The Hall–Kier alpha value is -1.74. The van der Waals surface area contributed by atoms with Crippen LogP contribution in [0.15, 0.2) is 34.7 Å². The Morgan fingerprint density at radius 3 is 2.43 bits per heavy atom. The molecule has 0 unspecified atom stereocenters. The Balaban J connectivity index is 1.47. The van der Waals surface area contributed by atoms with Crippen molar-refractivity contribution in [3.63, 3.8) is 0 Å². The number of rotatable bonds is 6. The van der Waals surface area contributed by atoms with Gasteiger partial charge >= 0.3 is 0 Å². The topological polar surface area (TPSA) is 50.7 Å². The largest absolute Gasteiger partial charge is 0.307 e. The van der Waals surface area contributed by atoms with Crippen LogP contribution >= 0.6 is 45.8 Å². The monoisotopic (exact) mass is 442 g/mol. The van der Waals surface area contributed by atoms with Gasteiger partial charge in [-0.05, 0) is 48.9 Å². The van der Waals surface area contributed by atoms with Crippen molar-refractivity contribution in [2.24, 2.45) is 0 Å². The van der Waals surface area contributed by atoms with Crippen LogP contribution in [-0.2, 0) is 6.42 Å². The average Bonchev–Trinajstić information content (AvgIpc) is 3.40. The smallest absolute Gasteiger partial charge is 0.190 e. The normalized spacial score (nSPS) is 11.8. The van der Waals surface area contributed by atoms with Crippen molar-refractivity contribution in [3.8, 4) is 0 Å². The summed E-state index contributed by atoms with van der Waals surface area (Å²) in [6.45, 7) is 2.23. The molecule has 0 aliphatic rings. The predicted molar refractivity (Wildman–Crippen MR) is 126 cm³/mol. The molecule has 2 aromatic carbocycles. The molecule has 0 aliphatic heterocycles. The zero-order chi connectivity index (χ0) is 19.1. The lowest BCUT2D eigenvalue weighted by atomic mass is 10.1. The highest BCUT2D eigenvalue weighted by Crippen LogP contribution is 2.39. The lowest BCUT2D eigenvalue weighted by Gasteiger charge is -1.98. The summed E-state index contributed by atoms with van der Waals surface area (Å²) in [7, 11) is 0. The standard InChI is InChI=1S/C20H18N4S4/c1-3-4-5-11-6-7-12-15(10-11)26-18(21-12)24-19-22-13-8-9-14-17(16(13)27-19)28-20(23-14)25-2/h6-10H,3-5H2,1-2H3,(H,21,22,24). The minimum Gasteiger partial charge on any atom is -0.307 e. The third kappa shape index (κ3) is 3.39. The summed E-state index contributed by atoms with van der Waals surface area (Å²) in [5.41, 5.74) is 4.50. The van der Waals surface area contributed by atoms with Crippen molar-refractivity contribution in [1.29, 1.82) is 0 Å². The molecule has 5 rings (SSSR count). The molecule has 0 saturated heterocycles. The van der Waals surface area contributed by atoms with Crippen molar-refractivity contribution >= 4 is 86.7 Å². The molecule has 0 atom stereocenters. The molecule has 0 aliphatic carbocycles. The van der Waals surface area contributed by atoms with Gasteiger partial charge in [-0.3, -0.25) is 0 Å². The highest BCUT2D eigenvalue weighted by atomic mass is 32.2. The molecule has 0 radical (unpaired) electrons. The van der Waals surface area contributed by atoms with Gasteiger partial charge in [-0.1, -0.05) is 53.8 Å². The van der Waals surface area contributed by atoms with E-state index in [-0.39, 0.29) is 0 Å². The Morgan fingerprint density at radius 2 is 1.61 bits per heavy atom. The zero-order valence-corrected chi connectivity index (χ0v) is 18.7. The van der Waals surface area contributed by atoms with Gasteiger partial charge in [-0.15, -0.1) is 11.3 Å². The van der Waals surface area contributed by atoms with Gasteiger partial charge in [0.05, 0.1) is 30.6 Å². The summed E-state index contributed by atoms with van der Waals surface area (Å²) in [5.74, 6) is 0. The number of nitrogens with zero attached hydrogens (tertiary/aromatic N) is 3. The van der Waals surface area contributed by atoms with E-state index in [1.54, 1.807) is 45.8 Å². The number of fused-ring (bicyclic) bond motifs is 4. The fourth-order valence-corrected chi connectivity index (χ4v) is 6.79. The van der Waals surface area contributed by atoms with E-state index in [0.29, 0.717) is 0 Å². The second-order valence-electron chi connectivity index (χ2n) is 6.51. The summed E-state index contributed by atoms with van der Waals surface area (Å²) in [5, 5.41) is 5.20. The maximum Gasteiger partial charge on any atom is 0.190 e. The molecular formula is C20H18N4S4. The maximum absolute atomic E-state index is 4.77. The van der Waals surface area contributed by atoms with Crippen LogP contribution in [0, 0.1) is 0 Å². The molecule has 0 bridgehead atoms. The van der Waals surface area contributed by atoms with Crippen LogP contribution < -0.4 is 5.32 Å². The molecule has 0 fully saturated rings. The molecule has 1 N–H and O–H groups in total. The van der Waals surface area contributed by atoms with E-state index in [4.69, 9.17) is 9.97 Å². The second kappa shape index (κ2) is 7.59. The lowest BCUT2D eigenvalue weighted by molar-refractivity contribution is 0.796. The third-order valence-electron chi connectivity index (χ3n) is 4.55. The van der Waals surface area contributed by atoms with Gasteiger partial charge in [0.2, 0.25) is 0 Å². The van der Waals surface area contributed by atoms with Crippen molar-refractivity contribution < 1.29 is 0 Å². The maximum atomic E-state index is 4.77. The Kier molecular flexibility index (Phi) is 4.96. The van der Waals surface area contributed by atoms with Crippen LogP contribution in [0.25, 0.3) is 30.6 Å². The highest BCUT2D eigenvalue weighted by Gasteiger charge is 2.13. The fraction of sp³-hybridized carbons (Fsp3) is 0.250. The third-order valence-corrected chi connectivity index (χ3v) is 8.69. The van der Waals surface area contributed by atoms with Gasteiger partial charge in [0.15, 0.2) is 14.6 Å². The number of nitrogens with one attached hydrogen (secondary N) is 1. The van der Waals surface area contributed by atoms with Gasteiger partial charge in [0, 0.05) is 0 Å². The van der Waals surface area contributed by atoms with Crippen LogP contribution in [0.5, 0.6) is 0 Å². The van der Waals surface area contributed by atoms with Crippen molar-refractivity contribution in [2.45, 2.75) is 30.5 Å². The molecule has 0 amide bonds. The molecule has 28 heavy (non-hydrogen) atoms. The lowest BCUT2D eigenvalue weighted by Crippen LogP contribution is -1.87. The van der Waals surface area contributed by atoms with E-state index in [1.165, 1.54) is 32.5 Å². The molecule has 0 spiro atoms. The number of benzene rings is 2. The van der Waals surface area contributed by atoms with E-state index >= 15 is 0 Å². The van der Waals surface area contributed by atoms with Gasteiger partial charge in [0.1, 0.15) is 0 Å². The minimum absolute atomic E-state index is 0.881. The summed E-state index contributed by atoms with van der Waals surface area (Å²) in [6.07, 6.45) is 5.64. The molecule has 142 valence electrons. The average molecular weight is 443 g/mol. The SMILES string of the molecule is CCCCc1ccc2nc(Nc3nc4ccc5nc(SC)sc5c4s3)sc2c1. The number of thioether (sulfide) groups is 1. The first kappa shape index (κ1) is 18.3. The predicted octanol–water partition coefficient (Wildman–Crippen LogP) is 7.32. The first-order valence-corrected chi connectivity index (χ1v) is 12.8. The highest BCUT2D eigenvalue weighted by molar-refractivity contribution is 8.00. The molecule has 3 aromatic heterocycles. The summed E-state index contributed by atoms with van der Waals surface area (Å²) in [4.78, 5) is 14.2. The number of hydrogen-bond acceptors (Lipinski definition) is 8. The van der Waals surface area contributed by atoms with E-state index in [1.807, 2.05) is 0 Å². The Morgan fingerprint density at radius 1 is 0.893 bits per heavy atom. The number of aryl methyl sites for hydroxylation is 1. The first-order valence-electron chi connectivity index (χ1n) is 9.14. The van der Waals surface area contributed by atoms with Crippen molar-refractivity contribution in [1.82, 2.24) is 15.0 Å². The van der Waals surface area contributed by atoms with Crippen molar-refractivity contribution in [3.05, 3.63) is 35.9 Å². The number of hydrogen-bond donors (Lipinski definition) is 1. The fourth-order valence-electron chi connectivity index (χ4n) is 3.14. The Labute approximate surface area is 179 Å². The summed E-state index contributed by atoms with van der Waals surface area (Å²) >= 11 is 6.80. The number of unbranched alkanes of at least 4 members (excludes halogenated alkanes) is 1. The Bertz CT molecular complexity index is 1280. The molecular weight excluding hydrogens is 425 g/mol. The number of thiazole rings is 3. The number of anilines is 2. The molecule has 0 saturated carbocycles. The van der Waals surface area contributed by atoms with Gasteiger partial charge < -0.3 is 5.32 Å². The summed E-state index contributed by atoms with van der Waals surface area (Å²) < 4.78 is 4.74. The van der Waals surface area contributed by atoms with Crippen LogP contribution in [0.4, 0.5) is 10.3 Å². The van der Waals surface area contributed by atoms with Gasteiger partial charge in [-0.25, -0.2) is 15.0 Å². The summed E-state index contributed by atoms with van der Waals surface area (Å²) in [6, 6.07) is 10.7. The van der Waals surface area contributed by atoms with Gasteiger partial charge in [0.25, 0.3) is 0 Å². The quantitative estimate of drug-likeness (QED) is 0.279. The van der Waals surface area contributed by atoms with E-state index in [9.17, 15) is 0 Å². The van der Waals surface area contributed by atoms with E-state index < -0.39 is 0 Å². The first-order chi connectivity index (χ1) is 13.7.